The molecule has 19 heavy (non-hydrogen) atoms. The van der Waals surface area contributed by atoms with Crippen molar-refractivity contribution in [2.75, 3.05) is 0 Å². The number of benzene rings is 1. The molecular formula is C15H16ClFN2. The number of hydrogen-bond donors (Lipinski definition) is 1. The van der Waals surface area contributed by atoms with Gasteiger partial charge < -0.3 is 5.73 Å². The fourth-order valence-corrected chi connectivity index (χ4v) is 2.16. The molecule has 100 valence electrons. The van der Waals surface area contributed by atoms with Crippen LogP contribution in [0, 0.1) is 5.82 Å². The number of pyridine rings is 1. The third-order valence-corrected chi connectivity index (χ3v) is 3.30. The van der Waals surface area contributed by atoms with Crippen molar-refractivity contribution in [3.05, 3.63) is 64.7 Å². The summed E-state index contributed by atoms with van der Waals surface area (Å²) in [7, 11) is 0. The fraction of sp³-hybridized carbons (Fsp3) is 0.267. The summed E-state index contributed by atoms with van der Waals surface area (Å²) in [4.78, 5) is 4.24. The second-order valence-electron chi connectivity index (χ2n) is 4.54. The molecule has 0 bridgehead atoms. The Morgan fingerprint density at radius 2 is 2.05 bits per heavy atom. The second-order valence-corrected chi connectivity index (χ2v) is 4.94. The Morgan fingerprint density at radius 1 is 1.21 bits per heavy atom. The van der Waals surface area contributed by atoms with Gasteiger partial charge in [0.15, 0.2) is 0 Å². The fourth-order valence-electron chi connectivity index (χ4n) is 1.97. The van der Waals surface area contributed by atoms with Gasteiger partial charge in [-0.25, -0.2) is 4.39 Å². The molecule has 1 unspecified atom stereocenters. The molecule has 0 aliphatic rings. The van der Waals surface area contributed by atoms with E-state index in [0.29, 0.717) is 12.0 Å². The average Bonchev–Trinajstić information content (AvgIpc) is 2.43. The molecule has 0 radical (unpaired) electrons. The van der Waals surface area contributed by atoms with Gasteiger partial charge in [-0.05, 0) is 43.0 Å². The predicted octanol–water partition coefficient (Wildman–Crippen LogP) is 3.38. The highest BCUT2D eigenvalue weighted by molar-refractivity contribution is 6.30. The number of halogens is 2. The van der Waals surface area contributed by atoms with Crippen LogP contribution in [0.2, 0.25) is 5.02 Å². The summed E-state index contributed by atoms with van der Waals surface area (Å²) >= 11 is 5.74. The molecule has 0 saturated heterocycles. The molecular weight excluding hydrogens is 263 g/mol. The Bertz CT molecular complexity index is 531. The summed E-state index contributed by atoms with van der Waals surface area (Å²) in [5, 5.41) is 0.148. The third-order valence-electron chi connectivity index (χ3n) is 3.01. The maximum absolute atomic E-state index is 13.7. The van der Waals surface area contributed by atoms with Crippen LogP contribution in [0.1, 0.15) is 17.7 Å². The summed E-state index contributed by atoms with van der Waals surface area (Å²) in [6, 6.07) is 10.7. The normalized spacial score (nSPS) is 12.4. The zero-order valence-corrected chi connectivity index (χ0v) is 11.3. The molecule has 0 saturated carbocycles. The molecule has 2 N–H and O–H groups in total. The molecule has 2 nitrogen and oxygen atoms in total. The van der Waals surface area contributed by atoms with Gasteiger partial charge in [0.1, 0.15) is 5.82 Å². The van der Waals surface area contributed by atoms with Crippen LogP contribution in [0.5, 0.6) is 0 Å². The smallest absolute Gasteiger partial charge is 0.145 e. The van der Waals surface area contributed by atoms with Crippen molar-refractivity contribution in [2.45, 2.75) is 25.3 Å². The number of aromatic nitrogens is 1. The Hall–Kier alpha value is -1.45. The Morgan fingerprint density at radius 3 is 2.79 bits per heavy atom. The molecule has 0 aliphatic carbocycles. The predicted molar refractivity (Wildman–Crippen MR) is 75.6 cm³/mol. The van der Waals surface area contributed by atoms with Gasteiger partial charge in [-0.3, -0.25) is 4.98 Å². The minimum atomic E-state index is -0.363. The Balaban J connectivity index is 1.91. The van der Waals surface area contributed by atoms with E-state index < -0.39 is 0 Å². The molecule has 0 amide bonds. The van der Waals surface area contributed by atoms with E-state index in [9.17, 15) is 4.39 Å². The van der Waals surface area contributed by atoms with E-state index in [0.717, 1.165) is 18.5 Å². The molecule has 0 spiro atoms. The van der Waals surface area contributed by atoms with Crippen LogP contribution < -0.4 is 5.73 Å². The van der Waals surface area contributed by atoms with Gasteiger partial charge >= 0.3 is 0 Å². The van der Waals surface area contributed by atoms with Crippen molar-refractivity contribution < 1.29 is 4.39 Å². The number of hydrogen-bond acceptors (Lipinski definition) is 2. The summed E-state index contributed by atoms with van der Waals surface area (Å²) in [5.74, 6) is -0.363. The lowest BCUT2D eigenvalue weighted by atomic mass is 10.0. The van der Waals surface area contributed by atoms with E-state index in [1.54, 1.807) is 24.4 Å². The van der Waals surface area contributed by atoms with Crippen molar-refractivity contribution in [3.63, 3.8) is 0 Å². The second kappa shape index (κ2) is 6.64. The zero-order valence-electron chi connectivity index (χ0n) is 10.5. The van der Waals surface area contributed by atoms with Crippen LogP contribution in [0.25, 0.3) is 0 Å². The SMILES string of the molecule is NC(CCc1ccccn1)Cc1cccc(Cl)c1F. The number of rotatable bonds is 5. The van der Waals surface area contributed by atoms with Gasteiger partial charge in [0.05, 0.1) is 5.02 Å². The van der Waals surface area contributed by atoms with E-state index in [1.165, 1.54) is 0 Å². The van der Waals surface area contributed by atoms with Crippen molar-refractivity contribution in [1.29, 1.82) is 0 Å². The maximum atomic E-state index is 13.7. The maximum Gasteiger partial charge on any atom is 0.145 e. The number of aryl methyl sites for hydroxylation is 1. The van der Waals surface area contributed by atoms with Crippen molar-refractivity contribution >= 4 is 11.6 Å². The summed E-state index contributed by atoms with van der Waals surface area (Å²) in [6.07, 6.45) is 3.81. The Kier molecular flexibility index (Phi) is 4.88. The monoisotopic (exact) mass is 278 g/mol. The van der Waals surface area contributed by atoms with Gasteiger partial charge in [0, 0.05) is 17.9 Å². The van der Waals surface area contributed by atoms with Crippen LogP contribution in [0.4, 0.5) is 4.39 Å². The largest absolute Gasteiger partial charge is 0.327 e. The average molecular weight is 279 g/mol. The van der Waals surface area contributed by atoms with Gasteiger partial charge in [0.2, 0.25) is 0 Å². The lowest BCUT2D eigenvalue weighted by Crippen LogP contribution is -2.24. The van der Waals surface area contributed by atoms with Gasteiger partial charge in [-0.15, -0.1) is 0 Å². The number of nitrogens with two attached hydrogens (primary N) is 1. The highest BCUT2D eigenvalue weighted by Crippen LogP contribution is 2.19. The molecule has 0 aliphatic heterocycles. The summed E-state index contributed by atoms with van der Waals surface area (Å²) in [6.45, 7) is 0. The van der Waals surface area contributed by atoms with E-state index in [4.69, 9.17) is 17.3 Å². The van der Waals surface area contributed by atoms with Crippen LogP contribution in [0.3, 0.4) is 0 Å². The molecule has 1 aromatic carbocycles. The molecule has 2 aromatic rings. The van der Waals surface area contributed by atoms with Crippen molar-refractivity contribution in [3.8, 4) is 0 Å². The first-order valence-electron chi connectivity index (χ1n) is 6.25. The molecule has 1 aromatic heterocycles. The van der Waals surface area contributed by atoms with Gasteiger partial charge in [0.25, 0.3) is 0 Å². The standard InChI is InChI=1S/C15H16ClFN2/c16-14-6-3-4-11(15(14)17)10-12(18)7-8-13-5-1-2-9-19-13/h1-6,9,12H,7-8,10,18H2. The van der Waals surface area contributed by atoms with E-state index in [-0.39, 0.29) is 16.9 Å². The van der Waals surface area contributed by atoms with Gasteiger partial charge in [-0.1, -0.05) is 29.8 Å². The molecule has 0 fully saturated rings. The highest BCUT2D eigenvalue weighted by atomic mass is 35.5. The van der Waals surface area contributed by atoms with Crippen molar-refractivity contribution in [1.82, 2.24) is 4.98 Å². The molecule has 1 heterocycles. The van der Waals surface area contributed by atoms with E-state index in [2.05, 4.69) is 4.98 Å². The highest BCUT2D eigenvalue weighted by Gasteiger charge is 2.11. The topological polar surface area (TPSA) is 38.9 Å². The summed E-state index contributed by atoms with van der Waals surface area (Å²) in [5.41, 5.74) is 7.61. The van der Waals surface area contributed by atoms with E-state index >= 15 is 0 Å². The lowest BCUT2D eigenvalue weighted by molar-refractivity contribution is 0.564. The zero-order chi connectivity index (χ0) is 13.7. The first kappa shape index (κ1) is 14.0. The van der Waals surface area contributed by atoms with Crippen LogP contribution >= 0.6 is 11.6 Å². The third kappa shape index (κ3) is 4.01. The first-order valence-corrected chi connectivity index (χ1v) is 6.63. The van der Waals surface area contributed by atoms with E-state index in [1.807, 2.05) is 18.2 Å². The Labute approximate surface area is 117 Å². The van der Waals surface area contributed by atoms with Gasteiger partial charge in [-0.2, -0.15) is 0 Å². The first-order chi connectivity index (χ1) is 9.16. The molecule has 4 heteroatoms. The quantitative estimate of drug-likeness (QED) is 0.911. The minimum absolute atomic E-state index is 0.102. The lowest BCUT2D eigenvalue weighted by Gasteiger charge is -2.12. The molecule has 2 rings (SSSR count). The number of nitrogens with zero attached hydrogens (tertiary/aromatic N) is 1. The van der Waals surface area contributed by atoms with Crippen molar-refractivity contribution in [2.24, 2.45) is 5.73 Å². The minimum Gasteiger partial charge on any atom is -0.327 e. The van der Waals surface area contributed by atoms with Crippen LogP contribution in [-0.2, 0) is 12.8 Å². The van der Waals surface area contributed by atoms with Crippen LogP contribution in [0.15, 0.2) is 42.6 Å². The summed E-state index contributed by atoms with van der Waals surface area (Å²) < 4.78 is 13.7. The molecule has 1 atom stereocenters. The van der Waals surface area contributed by atoms with Crippen LogP contribution in [-0.4, -0.2) is 11.0 Å².